The second-order valence-corrected chi connectivity index (χ2v) is 6.76. The number of methoxy groups -OCH3 is 1. The summed E-state index contributed by atoms with van der Waals surface area (Å²) >= 11 is 0. The Kier molecular flexibility index (Phi) is 5.27. The predicted octanol–water partition coefficient (Wildman–Crippen LogP) is 1.03. The summed E-state index contributed by atoms with van der Waals surface area (Å²) < 4.78 is 29.4. The molecule has 0 bridgehead atoms. The van der Waals surface area contributed by atoms with Crippen LogP contribution in [0.25, 0.3) is 0 Å². The second kappa shape index (κ2) is 6.97. The highest BCUT2D eigenvalue weighted by atomic mass is 35.7. The van der Waals surface area contributed by atoms with Crippen molar-refractivity contribution in [1.82, 2.24) is 19.7 Å². The minimum absolute atomic E-state index is 0.253. The van der Waals surface area contributed by atoms with Crippen LogP contribution in [0.5, 0.6) is 0 Å². The van der Waals surface area contributed by atoms with Gasteiger partial charge in [-0.05, 0) is 18.6 Å². The molecule has 2 heterocycles. The van der Waals surface area contributed by atoms with Crippen LogP contribution in [0.4, 0.5) is 0 Å². The third-order valence-electron chi connectivity index (χ3n) is 2.86. The first-order chi connectivity index (χ1) is 10.0. The van der Waals surface area contributed by atoms with Crippen LogP contribution in [0.1, 0.15) is 11.5 Å². The minimum atomic E-state index is -3.94. The summed E-state index contributed by atoms with van der Waals surface area (Å²) in [5.41, 5.74) is 0.897. The Morgan fingerprint density at radius 2 is 2.10 bits per heavy atom. The number of nitrogens with zero attached hydrogens (tertiary/aromatic N) is 4. The molecule has 0 aliphatic carbocycles. The molecule has 0 radical (unpaired) electrons. The molecule has 0 N–H and O–H groups in total. The highest BCUT2D eigenvalue weighted by molar-refractivity contribution is 8.13. The average Bonchev–Trinajstić information content (AvgIpc) is 2.87. The maximum Gasteiger partial charge on any atom is 0.296 e. The van der Waals surface area contributed by atoms with Gasteiger partial charge in [0.25, 0.3) is 14.2 Å². The molecule has 0 atom stereocenters. The van der Waals surface area contributed by atoms with Gasteiger partial charge in [0.1, 0.15) is 5.82 Å². The van der Waals surface area contributed by atoms with E-state index in [0.29, 0.717) is 31.8 Å². The Balaban J connectivity index is 2.20. The van der Waals surface area contributed by atoms with Crippen molar-refractivity contribution in [3.63, 3.8) is 0 Å². The highest BCUT2D eigenvalue weighted by Crippen LogP contribution is 2.15. The zero-order valence-corrected chi connectivity index (χ0v) is 13.0. The van der Waals surface area contributed by atoms with Crippen molar-refractivity contribution in [2.24, 2.45) is 0 Å². The number of pyridine rings is 1. The van der Waals surface area contributed by atoms with E-state index in [2.05, 4.69) is 15.2 Å². The monoisotopic (exact) mass is 330 g/mol. The van der Waals surface area contributed by atoms with Crippen molar-refractivity contribution in [1.29, 1.82) is 0 Å². The van der Waals surface area contributed by atoms with Gasteiger partial charge >= 0.3 is 0 Å². The van der Waals surface area contributed by atoms with E-state index in [1.165, 1.54) is 11.7 Å². The molecule has 0 amide bonds. The Bertz CT molecular complexity index is 688. The van der Waals surface area contributed by atoms with Crippen LogP contribution in [0.3, 0.4) is 0 Å². The van der Waals surface area contributed by atoms with Crippen molar-refractivity contribution in [3.05, 3.63) is 35.9 Å². The highest BCUT2D eigenvalue weighted by Gasteiger charge is 2.22. The van der Waals surface area contributed by atoms with Gasteiger partial charge in [0.2, 0.25) is 0 Å². The van der Waals surface area contributed by atoms with Gasteiger partial charge in [0, 0.05) is 42.6 Å². The standard InChI is InChI=1S/C12H15ClN4O3S/c1-20-9-8-17-11(15-16-12(17)21(13,18)19)6-5-10-4-2-3-7-14-10/h2-4,7H,5-6,8-9H2,1H3. The summed E-state index contributed by atoms with van der Waals surface area (Å²) in [4.78, 5) is 4.21. The number of aromatic nitrogens is 4. The van der Waals surface area contributed by atoms with Crippen LogP contribution >= 0.6 is 10.7 Å². The van der Waals surface area contributed by atoms with Crippen LogP contribution in [-0.4, -0.2) is 41.9 Å². The van der Waals surface area contributed by atoms with E-state index in [4.69, 9.17) is 15.4 Å². The fourth-order valence-electron chi connectivity index (χ4n) is 1.88. The molecule has 0 spiro atoms. The van der Waals surface area contributed by atoms with Gasteiger partial charge < -0.3 is 4.74 Å². The molecule has 2 aromatic rings. The molecule has 7 nitrogen and oxygen atoms in total. The number of hydrogen-bond donors (Lipinski definition) is 0. The second-order valence-electron chi connectivity index (χ2n) is 4.30. The quantitative estimate of drug-likeness (QED) is 0.705. The number of aryl methyl sites for hydroxylation is 2. The van der Waals surface area contributed by atoms with Crippen LogP contribution in [0.2, 0.25) is 0 Å². The van der Waals surface area contributed by atoms with Crippen molar-refractivity contribution >= 4 is 19.7 Å². The summed E-state index contributed by atoms with van der Waals surface area (Å²) in [5.74, 6) is 0.539. The first kappa shape index (κ1) is 15.9. The smallest absolute Gasteiger partial charge is 0.296 e. The molecule has 21 heavy (non-hydrogen) atoms. The van der Waals surface area contributed by atoms with Gasteiger partial charge in [-0.25, -0.2) is 8.42 Å². The zero-order valence-electron chi connectivity index (χ0n) is 11.4. The topological polar surface area (TPSA) is 87.0 Å². The van der Waals surface area contributed by atoms with Crippen LogP contribution in [0.15, 0.2) is 29.6 Å². The maximum absolute atomic E-state index is 11.5. The molecule has 9 heteroatoms. The summed E-state index contributed by atoms with van der Waals surface area (Å²) in [6, 6.07) is 5.63. The molecule has 0 fully saturated rings. The average molecular weight is 331 g/mol. The molecule has 114 valence electrons. The molecule has 2 rings (SSSR count). The number of rotatable bonds is 7. The fourth-order valence-corrected chi connectivity index (χ4v) is 2.82. The lowest BCUT2D eigenvalue weighted by molar-refractivity contribution is 0.183. The lowest BCUT2D eigenvalue weighted by Gasteiger charge is -2.08. The van der Waals surface area contributed by atoms with Crippen LogP contribution in [0, 0.1) is 0 Å². The molecule has 0 saturated heterocycles. The first-order valence-corrected chi connectivity index (χ1v) is 8.59. The maximum atomic E-state index is 11.5. The van der Waals surface area contributed by atoms with Gasteiger partial charge in [-0.2, -0.15) is 0 Å². The molecular formula is C12H15ClN4O3S. The van der Waals surface area contributed by atoms with Crippen molar-refractivity contribution in [3.8, 4) is 0 Å². The van der Waals surface area contributed by atoms with E-state index >= 15 is 0 Å². The molecule has 0 aliphatic rings. The van der Waals surface area contributed by atoms with E-state index < -0.39 is 9.05 Å². The van der Waals surface area contributed by atoms with E-state index in [1.54, 1.807) is 6.20 Å². The minimum Gasteiger partial charge on any atom is -0.383 e. The molecule has 2 aromatic heterocycles. The van der Waals surface area contributed by atoms with Gasteiger partial charge in [-0.3, -0.25) is 9.55 Å². The number of ether oxygens (including phenoxy) is 1. The van der Waals surface area contributed by atoms with Gasteiger partial charge in [0.05, 0.1) is 6.61 Å². The third kappa shape index (κ3) is 4.23. The van der Waals surface area contributed by atoms with E-state index in [0.717, 1.165) is 5.69 Å². The molecule has 0 saturated carbocycles. The summed E-state index contributed by atoms with van der Waals surface area (Å²) in [5, 5.41) is 7.33. The first-order valence-electron chi connectivity index (χ1n) is 6.28. The summed E-state index contributed by atoms with van der Waals surface area (Å²) in [6.07, 6.45) is 2.86. The third-order valence-corrected chi connectivity index (χ3v) is 4.01. The molecule has 0 aromatic carbocycles. The van der Waals surface area contributed by atoms with E-state index in [-0.39, 0.29) is 5.16 Å². The SMILES string of the molecule is COCCn1c(CCc2ccccn2)nnc1S(=O)(=O)Cl. The van der Waals surface area contributed by atoms with Crippen molar-refractivity contribution in [2.75, 3.05) is 13.7 Å². The van der Waals surface area contributed by atoms with Gasteiger partial charge in [-0.1, -0.05) is 6.07 Å². The Hall–Kier alpha value is -1.51. The Labute approximate surface area is 127 Å². The normalized spacial score (nSPS) is 11.7. The summed E-state index contributed by atoms with van der Waals surface area (Å²) in [6.45, 7) is 0.663. The van der Waals surface area contributed by atoms with E-state index in [1.807, 2.05) is 18.2 Å². The lowest BCUT2D eigenvalue weighted by atomic mass is 10.2. The van der Waals surface area contributed by atoms with Gasteiger partial charge in [0.15, 0.2) is 0 Å². The Morgan fingerprint density at radius 3 is 2.71 bits per heavy atom. The molecule has 0 aliphatic heterocycles. The molecule has 0 unspecified atom stereocenters. The van der Waals surface area contributed by atoms with Crippen LogP contribution in [-0.2, 0) is 33.2 Å². The van der Waals surface area contributed by atoms with E-state index in [9.17, 15) is 8.42 Å². The molecular weight excluding hydrogens is 316 g/mol. The van der Waals surface area contributed by atoms with Crippen molar-refractivity contribution in [2.45, 2.75) is 24.5 Å². The fraction of sp³-hybridized carbons (Fsp3) is 0.417. The number of halogens is 1. The predicted molar refractivity (Wildman–Crippen MR) is 76.6 cm³/mol. The largest absolute Gasteiger partial charge is 0.383 e. The zero-order chi connectivity index (χ0) is 15.3. The number of hydrogen-bond acceptors (Lipinski definition) is 6. The van der Waals surface area contributed by atoms with Crippen LogP contribution < -0.4 is 0 Å². The Morgan fingerprint density at radius 1 is 1.29 bits per heavy atom. The lowest BCUT2D eigenvalue weighted by Crippen LogP contribution is -2.14. The summed E-state index contributed by atoms with van der Waals surface area (Å²) in [7, 11) is 2.97. The van der Waals surface area contributed by atoms with Crippen molar-refractivity contribution < 1.29 is 13.2 Å². The van der Waals surface area contributed by atoms with Gasteiger partial charge in [-0.15, -0.1) is 10.2 Å².